The molecule has 0 aliphatic carbocycles. The molecule has 1 amide bonds. The molecule has 0 bridgehead atoms. The van der Waals surface area contributed by atoms with Gasteiger partial charge in [-0.15, -0.1) is 0 Å². The maximum absolute atomic E-state index is 13.2. The van der Waals surface area contributed by atoms with Crippen LogP contribution in [0.25, 0.3) is 0 Å². The highest BCUT2D eigenvalue weighted by molar-refractivity contribution is 7.92. The molecule has 0 atom stereocenters. The molecule has 0 radical (unpaired) electrons. The molecule has 3 rings (SSSR count). The van der Waals surface area contributed by atoms with Crippen molar-refractivity contribution in [2.45, 2.75) is 11.8 Å². The number of amides is 1. The molecule has 0 spiro atoms. The molecule has 154 valence electrons. The Labute approximate surface area is 171 Å². The number of rotatable bonds is 6. The van der Waals surface area contributed by atoms with Crippen molar-refractivity contribution in [1.29, 1.82) is 0 Å². The first kappa shape index (κ1) is 21.1. The van der Waals surface area contributed by atoms with Gasteiger partial charge < -0.3 is 5.32 Å². The fourth-order valence-corrected chi connectivity index (χ4v) is 3.61. The van der Waals surface area contributed by atoms with E-state index in [0.717, 1.165) is 12.1 Å². The summed E-state index contributed by atoms with van der Waals surface area (Å²) in [5.41, 5.74) is 0.881. The summed E-state index contributed by atoms with van der Waals surface area (Å²) in [7, 11) is -3.89. The lowest BCUT2D eigenvalue weighted by Crippen LogP contribution is -2.14. The molecule has 0 saturated heterocycles. The van der Waals surface area contributed by atoms with Gasteiger partial charge in [0.1, 0.15) is 0 Å². The molecule has 0 aliphatic heterocycles. The van der Waals surface area contributed by atoms with Crippen molar-refractivity contribution in [2.24, 2.45) is 0 Å². The smallest absolute Gasteiger partial charge is 0.261 e. The van der Waals surface area contributed by atoms with Gasteiger partial charge in [-0.1, -0.05) is 12.1 Å². The lowest BCUT2D eigenvalue weighted by atomic mass is 10.2. The van der Waals surface area contributed by atoms with Gasteiger partial charge in [-0.05, 0) is 55.5 Å². The molecule has 0 heterocycles. The van der Waals surface area contributed by atoms with E-state index in [0.29, 0.717) is 5.56 Å². The van der Waals surface area contributed by atoms with E-state index in [2.05, 4.69) is 10.0 Å². The average Bonchev–Trinajstić information content (AvgIpc) is 2.71. The Balaban J connectivity index is 1.70. The number of anilines is 2. The number of nitrogens with one attached hydrogen (secondary N) is 2. The Morgan fingerprint density at radius 3 is 1.90 bits per heavy atom. The third-order valence-corrected chi connectivity index (χ3v) is 5.55. The van der Waals surface area contributed by atoms with E-state index in [9.17, 15) is 26.8 Å². The largest absolute Gasteiger partial charge is 0.322 e. The van der Waals surface area contributed by atoms with E-state index in [1.54, 1.807) is 0 Å². The van der Waals surface area contributed by atoms with Gasteiger partial charge in [-0.25, -0.2) is 17.2 Å². The SMILES string of the molecule is CC(=O)c1ccc(S(=O)(=O)Nc2ccc(C(=O)Nc3ccc(F)c(F)c3)cc2)cc1. The highest BCUT2D eigenvalue weighted by atomic mass is 32.2. The van der Waals surface area contributed by atoms with Crippen molar-refractivity contribution in [3.8, 4) is 0 Å². The number of carbonyl (C=O) groups excluding carboxylic acids is 2. The summed E-state index contributed by atoms with van der Waals surface area (Å²) in [5.74, 6) is -2.87. The van der Waals surface area contributed by atoms with Crippen LogP contribution < -0.4 is 10.0 Å². The van der Waals surface area contributed by atoms with Crippen molar-refractivity contribution in [3.05, 3.63) is 89.5 Å². The molecular weight excluding hydrogens is 414 g/mol. The number of halogens is 2. The predicted molar refractivity (Wildman–Crippen MR) is 108 cm³/mol. The molecule has 0 unspecified atom stereocenters. The summed E-state index contributed by atoms with van der Waals surface area (Å²) in [6.07, 6.45) is 0. The van der Waals surface area contributed by atoms with Crippen LogP contribution in [0.15, 0.2) is 71.6 Å². The predicted octanol–water partition coefficient (Wildman–Crippen LogP) is 4.22. The van der Waals surface area contributed by atoms with Crippen LogP contribution in [-0.4, -0.2) is 20.1 Å². The van der Waals surface area contributed by atoms with E-state index < -0.39 is 27.6 Å². The quantitative estimate of drug-likeness (QED) is 0.573. The Kier molecular flexibility index (Phi) is 5.93. The van der Waals surface area contributed by atoms with Crippen LogP contribution >= 0.6 is 0 Å². The second-order valence-electron chi connectivity index (χ2n) is 6.35. The van der Waals surface area contributed by atoms with Crippen LogP contribution in [0, 0.1) is 11.6 Å². The van der Waals surface area contributed by atoms with Crippen LogP contribution in [0.4, 0.5) is 20.2 Å². The molecule has 3 aromatic carbocycles. The van der Waals surface area contributed by atoms with Gasteiger partial charge in [0.2, 0.25) is 0 Å². The zero-order valence-corrected chi connectivity index (χ0v) is 16.5. The van der Waals surface area contributed by atoms with Gasteiger partial charge in [-0.3, -0.25) is 14.3 Å². The minimum atomic E-state index is -3.89. The third kappa shape index (κ3) is 4.87. The topological polar surface area (TPSA) is 92.3 Å². The highest BCUT2D eigenvalue weighted by Crippen LogP contribution is 2.19. The number of carbonyl (C=O) groups is 2. The molecule has 0 aromatic heterocycles. The van der Waals surface area contributed by atoms with Crippen molar-refractivity contribution >= 4 is 33.1 Å². The van der Waals surface area contributed by atoms with Crippen molar-refractivity contribution in [1.82, 2.24) is 0 Å². The maximum atomic E-state index is 13.2. The van der Waals surface area contributed by atoms with Crippen LogP contribution in [0.3, 0.4) is 0 Å². The molecule has 30 heavy (non-hydrogen) atoms. The lowest BCUT2D eigenvalue weighted by molar-refractivity contribution is 0.101. The number of hydrogen-bond donors (Lipinski definition) is 2. The van der Waals surface area contributed by atoms with E-state index in [1.165, 1.54) is 61.5 Å². The number of benzene rings is 3. The van der Waals surface area contributed by atoms with E-state index in [4.69, 9.17) is 0 Å². The van der Waals surface area contributed by atoms with Crippen molar-refractivity contribution in [3.63, 3.8) is 0 Å². The van der Waals surface area contributed by atoms with Crippen LogP contribution in [0.2, 0.25) is 0 Å². The van der Waals surface area contributed by atoms with Crippen molar-refractivity contribution < 1.29 is 26.8 Å². The maximum Gasteiger partial charge on any atom is 0.261 e. The van der Waals surface area contributed by atoms with Crippen LogP contribution in [-0.2, 0) is 10.0 Å². The van der Waals surface area contributed by atoms with Crippen LogP contribution in [0.1, 0.15) is 27.6 Å². The molecule has 9 heteroatoms. The fraction of sp³-hybridized carbons (Fsp3) is 0.0476. The normalized spacial score (nSPS) is 11.0. The summed E-state index contributed by atoms with van der Waals surface area (Å²) in [4.78, 5) is 23.5. The van der Waals surface area contributed by atoms with E-state index >= 15 is 0 Å². The number of ketones is 1. The molecule has 3 aromatic rings. The highest BCUT2D eigenvalue weighted by Gasteiger charge is 2.15. The van der Waals surface area contributed by atoms with Gasteiger partial charge in [0.15, 0.2) is 17.4 Å². The standard InChI is InChI=1S/C21H16F2N2O4S/c1-13(26)14-4-9-18(10-5-14)30(28,29)25-16-6-2-15(3-7-16)21(27)24-17-8-11-19(22)20(23)12-17/h2-12,25H,1H3,(H,24,27). The van der Waals surface area contributed by atoms with E-state index in [-0.39, 0.29) is 27.6 Å². The Hall–Kier alpha value is -3.59. The van der Waals surface area contributed by atoms with Crippen molar-refractivity contribution in [2.75, 3.05) is 10.0 Å². The molecule has 0 fully saturated rings. The molecule has 0 saturated carbocycles. The molecule has 6 nitrogen and oxygen atoms in total. The summed E-state index contributed by atoms with van der Waals surface area (Å²) >= 11 is 0. The second kappa shape index (κ2) is 8.42. The zero-order chi connectivity index (χ0) is 21.9. The van der Waals surface area contributed by atoms with Crippen LogP contribution in [0.5, 0.6) is 0 Å². The summed E-state index contributed by atoms with van der Waals surface area (Å²) in [6.45, 7) is 1.38. The first-order valence-electron chi connectivity index (χ1n) is 8.66. The number of Topliss-reactive ketones (excluding diaryl/α,β-unsaturated/α-hetero) is 1. The zero-order valence-electron chi connectivity index (χ0n) is 15.6. The van der Waals surface area contributed by atoms with Gasteiger partial charge >= 0.3 is 0 Å². The summed E-state index contributed by atoms with van der Waals surface area (Å²) in [5, 5.41) is 2.42. The van der Waals surface area contributed by atoms with Gasteiger partial charge in [0, 0.05) is 28.6 Å². The van der Waals surface area contributed by atoms with E-state index in [1.807, 2.05) is 0 Å². The first-order chi connectivity index (χ1) is 14.2. The fourth-order valence-electron chi connectivity index (χ4n) is 2.55. The number of hydrogen-bond acceptors (Lipinski definition) is 4. The monoisotopic (exact) mass is 430 g/mol. The number of sulfonamides is 1. The summed E-state index contributed by atoms with van der Waals surface area (Å²) < 4.78 is 53.5. The molecule has 2 N–H and O–H groups in total. The minimum Gasteiger partial charge on any atom is -0.322 e. The van der Waals surface area contributed by atoms with Gasteiger partial charge in [0.05, 0.1) is 4.90 Å². The van der Waals surface area contributed by atoms with Gasteiger partial charge in [0.25, 0.3) is 15.9 Å². The second-order valence-corrected chi connectivity index (χ2v) is 8.03. The first-order valence-corrected chi connectivity index (χ1v) is 10.1. The Morgan fingerprint density at radius 2 is 1.33 bits per heavy atom. The Morgan fingerprint density at radius 1 is 0.767 bits per heavy atom. The molecular formula is C21H16F2N2O4S. The average molecular weight is 430 g/mol. The lowest BCUT2D eigenvalue weighted by Gasteiger charge is -2.10. The van der Waals surface area contributed by atoms with Gasteiger partial charge in [-0.2, -0.15) is 0 Å². The Bertz CT molecular complexity index is 1210. The minimum absolute atomic E-state index is 0.0207. The third-order valence-electron chi connectivity index (χ3n) is 4.15. The summed E-state index contributed by atoms with van der Waals surface area (Å²) in [6, 6.07) is 14.0. The molecule has 0 aliphatic rings.